The highest BCUT2D eigenvalue weighted by Gasteiger charge is 2.26. The number of ketones is 3. The van der Waals surface area contributed by atoms with Gasteiger partial charge >= 0.3 is 0 Å². The molecule has 1 atom stereocenters. The Morgan fingerprint density at radius 1 is 0.780 bits per heavy atom. The van der Waals surface area contributed by atoms with Crippen LogP contribution >= 0.6 is 0 Å². The molecule has 0 fully saturated rings. The Hall–Kier alpha value is -3.95. The van der Waals surface area contributed by atoms with Crippen LogP contribution in [0.5, 0.6) is 0 Å². The number of unbranched alkanes of at least 4 members (excludes halogenated alkanes) is 2. The Bertz CT molecular complexity index is 1130. The van der Waals surface area contributed by atoms with Crippen molar-refractivity contribution in [2.24, 2.45) is 5.41 Å². The molecule has 1 aromatic rings. The second kappa shape index (κ2) is 16.3. The van der Waals surface area contributed by atoms with Gasteiger partial charge in [0.15, 0.2) is 11.6 Å². The summed E-state index contributed by atoms with van der Waals surface area (Å²) in [5, 5.41) is 5.27. The summed E-state index contributed by atoms with van der Waals surface area (Å²) < 4.78 is 0. The lowest BCUT2D eigenvalue weighted by Crippen LogP contribution is -2.43. The molecule has 10 heteroatoms. The van der Waals surface area contributed by atoms with Gasteiger partial charge in [-0.15, -0.1) is 0 Å². The Balaban J connectivity index is 1.71. The number of hydrogen-bond acceptors (Lipinski definition) is 7. The molecule has 2 rings (SSSR count). The van der Waals surface area contributed by atoms with Gasteiger partial charge in [0.1, 0.15) is 5.78 Å². The molecule has 1 aromatic carbocycles. The lowest BCUT2D eigenvalue weighted by Gasteiger charge is -2.20. The van der Waals surface area contributed by atoms with Crippen molar-refractivity contribution in [3.63, 3.8) is 0 Å². The molecule has 0 saturated heterocycles. The largest absolute Gasteiger partial charge is 0.349 e. The smallest absolute Gasteiger partial charge is 0.253 e. The van der Waals surface area contributed by atoms with Crippen molar-refractivity contribution < 1.29 is 33.6 Å². The van der Waals surface area contributed by atoms with E-state index in [4.69, 9.17) is 0 Å². The van der Waals surface area contributed by atoms with Gasteiger partial charge in [-0.1, -0.05) is 57.5 Å². The quantitative estimate of drug-likeness (QED) is 0.205. The van der Waals surface area contributed by atoms with E-state index in [1.54, 1.807) is 20.8 Å². The number of rotatable bonds is 18. The molecule has 0 saturated carbocycles. The molecule has 1 heterocycles. The van der Waals surface area contributed by atoms with Gasteiger partial charge in [-0.05, 0) is 24.8 Å². The van der Waals surface area contributed by atoms with Crippen LogP contribution in [-0.4, -0.2) is 65.0 Å². The second-order valence-electron chi connectivity index (χ2n) is 11.2. The van der Waals surface area contributed by atoms with Crippen molar-refractivity contribution in [1.82, 2.24) is 15.5 Å². The van der Waals surface area contributed by atoms with Gasteiger partial charge in [0, 0.05) is 56.2 Å². The van der Waals surface area contributed by atoms with Gasteiger partial charge in [-0.2, -0.15) is 0 Å². The molecule has 0 bridgehead atoms. The highest BCUT2D eigenvalue weighted by molar-refractivity contribution is 6.12. The molecule has 0 spiro atoms. The fourth-order valence-electron chi connectivity index (χ4n) is 4.16. The number of benzene rings is 1. The van der Waals surface area contributed by atoms with Crippen molar-refractivity contribution >= 4 is 41.0 Å². The minimum atomic E-state index is -0.814. The second-order valence-corrected chi connectivity index (χ2v) is 11.2. The normalized spacial score (nSPS) is 13.7. The average molecular weight is 568 g/mol. The van der Waals surface area contributed by atoms with Crippen molar-refractivity contribution in [1.29, 1.82) is 0 Å². The first-order valence-corrected chi connectivity index (χ1v) is 14.1. The van der Waals surface area contributed by atoms with E-state index in [1.165, 1.54) is 12.2 Å². The van der Waals surface area contributed by atoms with Crippen LogP contribution in [0.3, 0.4) is 0 Å². The SMILES string of the molecule is CC(C)(C)C(=O)CCC(=O)[C@H](Cc1ccccc1)NC(=O)CCC(=O)CNC(=O)CCCCCN1C(=O)C=CC1=O. The first-order chi connectivity index (χ1) is 19.4. The maximum atomic E-state index is 12.9. The number of amides is 4. The van der Waals surface area contributed by atoms with Crippen LogP contribution in [0.15, 0.2) is 42.5 Å². The first kappa shape index (κ1) is 33.3. The van der Waals surface area contributed by atoms with E-state index in [0.29, 0.717) is 25.8 Å². The van der Waals surface area contributed by atoms with Gasteiger partial charge in [-0.3, -0.25) is 38.5 Å². The van der Waals surface area contributed by atoms with Crippen molar-refractivity contribution in [3.8, 4) is 0 Å². The Morgan fingerprint density at radius 3 is 2.07 bits per heavy atom. The summed E-state index contributed by atoms with van der Waals surface area (Å²) in [7, 11) is 0. The van der Waals surface area contributed by atoms with E-state index >= 15 is 0 Å². The third-order valence-corrected chi connectivity index (χ3v) is 6.74. The number of imide groups is 1. The van der Waals surface area contributed by atoms with E-state index in [2.05, 4.69) is 10.6 Å². The van der Waals surface area contributed by atoms with Crippen molar-refractivity contribution in [3.05, 3.63) is 48.0 Å². The maximum Gasteiger partial charge on any atom is 0.253 e. The zero-order valence-electron chi connectivity index (χ0n) is 24.2. The molecule has 10 nitrogen and oxygen atoms in total. The van der Waals surface area contributed by atoms with Gasteiger partial charge in [0.05, 0.1) is 12.6 Å². The fraction of sp³-hybridized carbons (Fsp3) is 0.516. The number of nitrogens with one attached hydrogen (secondary N) is 2. The van der Waals surface area contributed by atoms with Crippen LogP contribution in [0.1, 0.15) is 77.7 Å². The Labute approximate surface area is 241 Å². The van der Waals surface area contributed by atoms with Crippen molar-refractivity contribution in [2.45, 2.75) is 84.6 Å². The number of nitrogens with zero attached hydrogens (tertiary/aromatic N) is 1. The maximum absolute atomic E-state index is 12.9. The van der Waals surface area contributed by atoms with E-state index in [-0.39, 0.29) is 80.1 Å². The van der Waals surface area contributed by atoms with Crippen LogP contribution < -0.4 is 10.6 Å². The highest BCUT2D eigenvalue weighted by Crippen LogP contribution is 2.18. The molecule has 4 amide bonds. The predicted octanol–water partition coefficient (Wildman–Crippen LogP) is 2.63. The van der Waals surface area contributed by atoms with Gasteiger partial charge in [0.2, 0.25) is 11.8 Å². The minimum absolute atomic E-state index is 0.0184. The van der Waals surface area contributed by atoms with Gasteiger partial charge in [0.25, 0.3) is 11.8 Å². The summed E-state index contributed by atoms with van der Waals surface area (Å²) in [6.07, 6.45) is 4.62. The molecule has 222 valence electrons. The minimum Gasteiger partial charge on any atom is -0.349 e. The topological polar surface area (TPSA) is 147 Å². The summed E-state index contributed by atoms with van der Waals surface area (Å²) in [4.78, 5) is 86.3. The molecule has 2 N–H and O–H groups in total. The lowest BCUT2D eigenvalue weighted by molar-refractivity contribution is -0.137. The van der Waals surface area contributed by atoms with Gasteiger partial charge < -0.3 is 10.6 Å². The van der Waals surface area contributed by atoms with E-state index in [1.807, 2.05) is 30.3 Å². The highest BCUT2D eigenvalue weighted by atomic mass is 16.2. The molecule has 0 unspecified atom stereocenters. The number of Topliss-reactive ketones (excluding diaryl/α,β-unsaturated/α-hetero) is 3. The number of carbonyl (C=O) groups excluding carboxylic acids is 7. The van der Waals surface area contributed by atoms with E-state index in [9.17, 15) is 33.6 Å². The van der Waals surface area contributed by atoms with Gasteiger partial charge in [-0.25, -0.2) is 0 Å². The average Bonchev–Trinajstić information content (AvgIpc) is 3.25. The summed E-state index contributed by atoms with van der Waals surface area (Å²) >= 11 is 0. The molecular formula is C31H41N3O7. The molecule has 41 heavy (non-hydrogen) atoms. The van der Waals surface area contributed by atoms with E-state index < -0.39 is 17.4 Å². The standard InChI is InChI=1S/C31H41N3O7/c1-31(2,3)26(37)15-14-25(36)24(20-22-10-6-4-7-11-22)33-28(39)16-13-23(35)21-32-27(38)12-8-5-9-19-34-29(40)17-18-30(34)41/h4,6-7,10-11,17-18,24H,5,8-9,12-16,19-21H2,1-3H3,(H,32,38)(H,33,39)/t24-/m0/s1. The first-order valence-electron chi connectivity index (χ1n) is 14.1. The third kappa shape index (κ3) is 12.4. The monoisotopic (exact) mass is 567 g/mol. The Kier molecular flexibility index (Phi) is 13.3. The summed E-state index contributed by atoms with van der Waals surface area (Å²) in [6.45, 7) is 5.50. The fourth-order valence-corrected chi connectivity index (χ4v) is 4.16. The molecular weight excluding hydrogens is 526 g/mol. The van der Waals surface area contributed by atoms with Crippen LogP contribution in [0, 0.1) is 5.41 Å². The molecule has 0 aromatic heterocycles. The number of hydrogen-bond donors (Lipinski definition) is 2. The van der Waals surface area contributed by atoms with Crippen LogP contribution in [0.25, 0.3) is 0 Å². The summed E-state index contributed by atoms with van der Waals surface area (Å²) in [5.74, 6) is -1.99. The molecule has 1 aliphatic heterocycles. The van der Waals surface area contributed by atoms with Crippen LogP contribution in [-0.2, 0) is 40.0 Å². The lowest BCUT2D eigenvalue weighted by atomic mass is 9.87. The van der Waals surface area contributed by atoms with Crippen molar-refractivity contribution in [2.75, 3.05) is 13.1 Å². The molecule has 1 aliphatic rings. The summed E-state index contributed by atoms with van der Waals surface area (Å²) in [5.41, 5.74) is 0.310. The predicted molar refractivity (Wildman–Crippen MR) is 152 cm³/mol. The van der Waals surface area contributed by atoms with Crippen LogP contribution in [0.4, 0.5) is 0 Å². The van der Waals surface area contributed by atoms with E-state index in [0.717, 1.165) is 10.5 Å². The number of carbonyl (C=O) groups is 7. The molecule has 0 radical (unpaired) electrons. The van der Waals surface area contributed by atoms with Crippen LogP contribution in [0.2, 0.25) is 0 Å². The zero-order valence-corrected chi connectivity index (χ0v) is 24.2. The third-order valence-electron chi connectivity index (χ3n) is 6.74. The Morgan fingerprint density at radius 2 is 1.44 bits per heavy atom. The molecule has 0 aliphatic carbocycles. The zero-order chi connectivity index (χ0) is 30.4. The summed E-state index contributed by atoms with van der Waals surface area (Å²) in [6, 6.07) is 8.42.